The van der Waals surface area contributed by atoms with Crippen LogP contribution < -0.4 is 11.3 Å². The molecule has 0 fully saturated rings. The molecule has 0 unspecified atom stereocenters. The molecule has 4 rings (SSSR count). The fourth-order valence-corrected chi connectivity index (χ4v) is 3.86. The molecule has 0 aliphatic heterocycles. The van der Waals surface area contributed by atoms with Crippen LogP contribution in [-0.4, -0.2) is 20.0 Å². The van der Waals surface area contributed by atoms with Gasteiger partial charge in [-0.15, -0.1) is 0 Å². The summed E-state index contributed by atoms with van der Waals surface area (Å²) < 4.78 is 1.72. The first kappa shape index (κ1) is 18.9. The van der Waals surface area contributed by atoms with Crippen LogP contribution in [-0.2, 0) is 13.6 Å². The van der Waals surface area contributed by atoms with E-state index in [0.29, 0.717) is 32.7 Å². The number of H-pyrrole nitrogens is 1. The molecule has 0 aliphatic rings. The van der Waals surface area contributed by atoms with Crippen LogP contribution in [0.25, 0.3) is 38.0 Å². The molecule has 2 heterocycles. The molecule has 8 heteroatoms. The van der Waals surface area contributed by atoms with Crippen molar-refractivity contribution in [1.29, 1.82) is 0 Å². The quantitative estimate of drug-likeness (QED) is 0.505. The number of aromatic amines is 1. The molecule has 0 aliphatic carbocycles. The van der Waals surface area contributed by atoms with E-state index in [0.717, 1.165) is 22.4 Å². The Balaban J connectivity index is 2.01. The third kappa shape index (κ3) is 3.09. The second kappa shape index (κ2) is 7.17. The minimum atomic E-state index is -0.268. The van der Waals surface area contributed by atoms with Gasteiger partial charge in [0.15, 0.2) is 0 Å². The summed E-state index contributed by atoms with van der Waals surface area (Å²) >= 11 is 6.33. The van der Waals surface area contributed by atoms with Gasteiger partial charge in [0, 0.05) is 35.1 Å². The summed E-state index contributed by atoms with van der Waals surface area (Å²) in [6, 6.07) is 9.19. The number of nitrogens with zero attached hydrogens (tertiary/aromatic N) is 4. The maximum Gasteiger partial charge on any atom is 0.272 e. The summed E-state index contributed by atoms with van der Waals surface area (Å²) in [6.07, 6.45) is 1.74. The summed E-state index contributed by atoms with van der Waals surface area (Å²) in [7, 11) is 1.82. The zero-order valence-corrected chi connectivity index (χ0v) is 16.6. The fraction of sp³-hybridized carbons (Fsp3) is 0.143. The van der Waals surface area contributed by atoms with Crippen LogP contribution in [0.15, 0.2) is 41.3 Å². The Morgan fingerprint density at radius 2 is 2.03 bits per heavy atom. The Morgan fingerprint density at radius 3 is 2.76 bits per heavy atom. The van der Waals surface area contributed by atoms with Gasteiger partial charge >= 0.3 is 0 Å². The second-order valence-electron chi connectivity index (χ2n) is 6.75. The molecule has 3 N–H and O–H groups in total. The van der Waals surface area contributed by atoms with Gasteiger partial charge < -0.3 is 5.73 Å². The number of hydrogen-bond donors (Lipinski definition) is 2. The lowest BCUT2D eigenvalue weighted by atomic mass is 9.97. The van der Waals surface area contributed by atoms with Gasteiger partial charge in [-0.2, -0.15) is 10.2 Å². The molecule has 7 nitrogen and oxygen atoms in total. The van der Waals surface area contributed by atoms with Crippen LogP contribution in [0.1, 0.15) is 11.3 Å². The SMILES string of the molecule is [C-]#[N+]c1c(Cl)cc(C)cc1-c1c(-c2ccc3c(=O)[nH]nc(CN)c3c2)cnn1C. The summed E-state index contributed by atoms with van der Waals surface area (Å²) in [6.45, 7) is 9.71. The molecule has 0 spiro atoms. The maximum absolute atomic E-state index is 12.1. The first-order chi connectivity index (χ1) is 13.9. The molecular weight excluding hydrogens is 388 g/mol. The molecule has 0 amide bonds. The molecule has 0 saturated heterocycles. The molecule has 29 heavy (non-hydrogen) atoms. The zero-order chi connectivity index (χ0) is 20.7. The van der Waals surface area contributed by atoms with Crippen molar-refractivity contribution in [2.75, 3.05) is 0 Å². The Hall–Kier alpha value is -3.47. The van der Waals surface area contributed by atoms with Crippen molar-refractivity contribution in [1.82, 2.24) is 20.0 Å². The predicted octanol–water partition coefficient (Wildman–Crippen LogP) is 3.96. The monoisotopic (exact) mass is 404 g/mol. The third-order valence-corrected chi connectivity index (χ3v) is 5.17. The van der Waals surface area contributed by atoms with Gasteiger partial charge in [-0.3, -0.25) is 9.48 Å². The van der Waals surface area contributed by atoms with Crippen LogP contribution in [0.4, 0.5) is 5.69 Å². The van der Waals surface area contributed by atoms with Crippen LogP contribution >= 0.6 is 11.6 Å². The van der Waals surface area contributed by atoms with Crippen molar-refractivity contribution in [3.63, 3.8) is 0 Å². The van der Waals surface area contributed by atoms with Crippen molar-refractivity contribution in [2.24, 2.45) is 12.8 Å². The first-order valence-corrected chi connectivity index (χ1v) is 9.24. The van der Waals surface area contributed by atoms with Crippen LogP contribution in [0, 0.1) is 13.5 Å². The van der Waals surface area contributed by atoms with Crippen molar-refractivity contribution in [3.8, 4) is 22.4 Å². The zero-order valence-electron chi connectivity index (χ0n) is 15.8. The van der Waals surface area contributed by atoms with Crippen molar-refractivity contribution in [3.05, 3.63) is 74.6 Å². The molecule has 4 aromatic rings. The number of rotatable bonds is 3. The smallest absolute Gasteiger partial charge is 0.272 e. The minimum absolute atomic E-state index is 0.200. The number of halogens is 1. The summed E-state index contributed by atoms with van der Waals surface area (Å²) in [5.41, 5.74) is 10.6. The van der Waals surface area contributed by atoms with Gasteiger partial charge in [0.05, 0.1) is 29.5 Å². The lowest BCUT2D eigenvalue weighted by molar-refractivity contribution is 0.776. The highest BCUT2D eigenvalue weighted by Gasteiger charge is 2.19. The van der Waals surface area contributed by atoms with E-state index >= 15 is 0 Å². The van der Waals surface area contributed by atoms with E-state index in [1.54, 1.807) is 23.0 Å². The predicted molar refractivity (Wildman–Crippen MR) is 114 cm³/mol. The van der Waals surface area contributed by atoms with Crippen LogP contribution in [0.3, 0.4) is 0 Å². The highest BCUT2D eigenvalue weighted by atomic mass is 35.5. The van der Waals surface area contributed by atoms with Gasteiger partial charge in [-0.1, -0.05) is 35.4 Å². The molecule has 0 saturated carbocycles. The van der Waals surface area contributed by atoms with Crippen molar-refractivity contribution < 1.29 is 0 Å². The van der Waals surface area contributed by atoms with Crippen LogP contribution in [0.5, 0.6) is 0 Å². The van der Waals surface area contributed by atoms with Gasteiger partial charge in [0.2, 0.25) is 5.69 Å². The number of hydrogen-bond acceptors (Lipinski definition) is 4. The topological polar surface area (TPSA) is 93.9 Å². The van der Waals surface area contributed by atoms with Crippen molar-refractivity contribution >= 4 is 28.1 Å². The average molecular weight is 405 g/mol. The Morgan fingerprint density at radius 1 is 1.24 bits per heavy atom. The molecule has 2 aromatic heterocycles. The summed E-state index contributed by atoms with van der Waals surface area (Å²) in [5.74, 6) is 0. The summed E-state index contributed by atoms with van der Waals surface area (Å²) in [4.78, 5) is 15.8. The van der Waals surface area contributed by atoms with Crippen LogP contribution in [0.2, 0.25) is 5.02 Å². The number of aryl methyl sites for hydroxylation is 2. The maximum atomic E-state index is 12.1. The van der Waals surface area contributed by atoms with E-state index in [-0.39, 0.29) is 12.1 Å². The van der Waals surface area contributed by atoms with Crippen molar-refractivity contribution in [2.45, 2.75) is 13.5 Å². The number of nitrogens with one attached hydrogen (secondary N) is 1. The van der Waals surface area contributed by atoms with Gasteiger partial charge in [-0.05, 0) is 24.6 Å². The molecule has 0 atom stereocenters. The molecular formula is C21H17ClN6O. The lowest BCUT2D eigenvalue weighted by Crippen LogP contribution is -2.13. The van der Waals surface area contributed by atoms with E-state index in [1.807, 2.05) is 32.2 Å². The number of benzene rings is 2. The standard InChI is InChI=1S/C21H17ClN6O/c1-11-6-15(19(24-2)17(22)7-11)20-16(10-25-28(20)3)12-4-5-13-14(8-12)18(9-23)26-27-21(13)29/h4-8,10H,9,23H2,1,3H3,(H,27,29). The number of fused-ring (bicyclic) bond motifs is 1. The number of aromatic nitrogens is 4. The van der Waals surface area contributed by atoms with E-state index in [4.69, 9.17) is 23.9 Å². The average Bonchev–Trinajstić information content (AvgIpc) is 3.09. The fourth-order valence-electron chi connectivity index (χ4n) is 3.54. The minimum Gasteiger partial charge on any atom is -0.325 e. The van der Waals surface area contributed by atoms with Gasteiger partial charge in [0.1, 0.15) is 0 Å². The second-order valence-corrected chi connectivity index (χ2v) is 7.16. The van der Waals surface area contributed by atoms with Gasteiger partial charge in [-0.25, -0.2) is 9.94 Å². The number of nitrogens with two attached hydrogens (primary N) is 1. The summed E-state index contributed by atoms with van der Waals surface area (Å²) in [5, 5.41) is 12.6. The molecule has 2 aromatic carbocycles. The Bertz CT molecular complexity index is 1360. The third-order valence-electron chi connectivity index (χ3n) is 4.89. The molecule has 0 bridgehead atoms. The molecule has 144 valence electrons. The lowest BCUT2D eigenvalue weighted by Gasteiger charge is -2.12. The van der Waals surface area contributed by atoms with E-state index in [9.17, 15) is 4.79 Å². The highest BCUT2D eigenvalue weighted by molar-refractivity contribution is 6.34. The van der Waals surface area contributed by atoms with E-state index in [1.165, 1.54) is 0 Å². The molecule has 0 radical (unpaired) electrons. The Labute approximate surface area is 171 Å². The normalized spacial score (nSPS) is 11.0. The van der Waals surface area contributed by atoms with Gasteiger partial charge in [0.25, 0.3) is 5.56 Å². The largest absolute Gasteiger partial charge is 0.325 e. The first-order valence-electron chi connectivity index (χ1n) is 8.86. The Kier molecular flexibility index (Phi) is 4.66. The van der Waals surface area contributed by atoms with E-state index < -0.39 is 0 Å². The highest BCUT2D eigenvalue weighted by Crippen LogP contribution is 2.42. The van der Waals surface area contributed by atoms with E-state index in [2.05, 4.69) is 20.1 Å².